The second-order valence-electron chi connectivity index (χ2n) is 5.65. The van der Waals surface area contributed by atoms with Crippen molar-refractivity contribution in [3.8, 4) is 5.75 Å². The molecule has 0 aliphatic carbocycles. The van der Waals surface area contributed by atoms with Gasteiger partial charge < -0.3 is 15.0 Å². The van der Waals surface area contributed by atoms with Gasteiger partial charge in [-0.25, -0.2) is 4.98 Å². The molecule has 0 saturated heterocycles. The van der Waals surface area contributed by atoms with Gasteiger partial charge in [-0.2, -0.15) is 0 Å². The Kier molecular flexibility index (Phi) is 4.11. The zero-order valence-electron chi connectivity index (χ0n) is 13.3. The van der Waals surface area contributed by atoms with Gasteiger partial charge in [-0.1, -0.05) is 12.1 Å². The third-order valence-corrected chi connectivity index (χ3v) is 3.75. The molecule has 1 N–H and O–H groups in total. The zero-order valence-corrected chi connectivity index (χ0v) is 13.3. The number of nitrogens with zero attached hydrogens (tertiary/aromatic N) is 2. The van der Waals surface area contributed by atoms with Gasteiger partial charge in [0, 0.05) is 23.9 Å². The van der Waals surface area contributed by atoms with Crippen LogP contribution in [0.15, 0.2) is 42.5 Å². The molecule has 0 aliphatic heterocycles. The van der Waals surface area contributed by atoms with Crippen molar-refractivity contribution in [3.63, 3.8) is 0 Å². The van der Waals surface area contributed by atoms with Crippen molar-refractivity contribution in [2.24, 2.45) is 0 Å². The molecule has 4 heteroatoms. The Morgan fingerprint density at radius 2 is 1.82 bits per heavy atom. The molecule has 0 bridgehead atoms. The Bertz CT molecular complexity index is 799. The number of ether oxygens (including phenoxy) is 1. The van der Waals surface area contributed by atoms with Crippen LogP contribution in [-0.4, -0.2) is 44.2 Å². The first-order valence-electron chi connectivity index (χ1n) is 7.43. The molecule has 0 amide bonds. The van der Waals surface area contributed by atoms with Gasteiger partial charge in [0.1, 0.15) is 11.6 Å². The molecule has 0 radical (unpaired) electrons. The lowest BCUT2D eigenvalue weighted by Crippen LogP contribution is -2.21. The van der Waals surface area contributed by atoms with Crippen LogP contribution in [-0.2, 0) is 0 Å². The predicted molar refractivity (Wildman–Crippen MR) is 92.8 cm³/mol. The fraction of sp³-hybridized carbons (Fsp3) is 0.278. The number of hydrogen-bond acceptors (Lipinski definition) is 4. The summed E-state index contributed by atoms with van der Waals surface area (Å²) in [4.78, 5) is 6.93. The summed E-state index contributed by atoms with van der Waals surface area (Å²) in [5, 5.41) is 6.82. The Morgan fingerprint density at radius 3 is 2.59 bits per heavy atom. The number of likely N-dealkylation sites (N-methyl/N-ethyl adjacent to an activating group) is 1. The second kappa shape index (κ2) is 6.20. The molecule has 0 saturated carbocycles. The first kappa shape index (κ1) is 14.6. The molecule has 3 rings (SSSR count). The highest BCUT2D eigenvalue weighted by atomic mass is 16.5. The molecular weight excluding hydrogens is 274 g/mol. The van der Waals surface area contributed by atoms with E-state index in [1.807, 2.05) is 18.2 Å². The molecule has 0 fully saturated rings. The van der Waals surface area contributed by atoms with Crippen LogP contribution in [0, 0.1) is 0 Å². The van der Waals surface area contributed by atoms with E-state index in [4.69, 9.17) is 9.72 Å². The standard InChI is InChI=1S/C18H21N3O/c1-21(2)11-10-19-17-9-6-13-4-5-14-12-15(22-3)7-8-16(14)18(13)20-17/h4-9,12H,10-11H2,1-3H3,(H,19,20). The van der Waals surface area contributed by atoms with Crippen LogP contribution in [0.1, 0.15) is 0 Å². The van der Waals surface area contributed by atoms with Crippen molar-refractivity contribution in [2.75, 3.05) is 39.6 Å². The van der Waals surface area contributed by atoms with E-state index >= 15 is 0 Å². The summed E-state index contributed by atoms with van der Waals surface area (Å²) >= 11 is 0. The van der Waals surface area contributed by atoms with Gasteiger partial charge in [-0.15, -0.1) is 0 Å². The van der Waals surface area contributed by atoms with Crippen molar-refractivity contribution in [1.29, 1.82) is 0 Å². The van der Waals surface area contributed by atoms with E-state index in [0.717, 1.165) is 46.3 Å². The molecule has 2 aromatic carbocycles. The largest absolute Gasteiger partial charge is 0.497 e. The molecule has 22 heavy (non-hydrogen) atoms. The molecule has 0 atom stereocenters. The van der Waals surface area contributed by atoms with Crippen LogP contribution in [0.3, 0.4) is 0 Å². The molecule has 1 aromatic heterocycles. The number of benzene rings is 2. The number of pyridine rings is 1. The second-order valence-corrected chi connectivity index (χ2v) is 5.65. The highest BCUT2D eigenvalue weighted by Crippen LogP contribution is 2.28. The SMILES string of the molecule is COc1ccc2c(ccc3ccc(NCCN(C)C)nc32)c1. The molecule has 1 heterocycles. The molecule has 4 nitrogen and oxygen atoms in total. The van der Waals surface area contributed by atoms with Crippen LogP contribution in [0.2, 0.25) is 0 Å². The summed E-state index contributed by atoms with van der Waals surface area (Å²) < 4.78 is 5.30. The number of anilines is 1. The average Bonchev–Trinajstić information content (AvgIpc) is 2.53. The summed E-state index contributed by atoms with van der Waals surface area (Å²) in [5.74, 6) is 1.78. The number of fused-ring (bicyclic) bond motifs is 3. The van der Waals surface area contributed by atoms with Crippen LogP contribution in [0.4, 0.5) is 5.82 Å². The van der Waals surface area contributed by atoms with Gasteiger partial charge in [0.05, 0.1) is 12.6 Å². The normalized spacial score (nSPS) is 11.3. The van der Waals surface area contributed by atoms with Crippen molar-refractivity contribution < 1.29 is 4.74 Å². The quantitative estimate of drug-likeness (QED) is 0.732. The fourth-order valence-corrected chi connectivity index (χ4v) is 2.53. The number of rotatable bonds is 5. The maximum Gasteiger partial charge on any atom is 0.126 e. The summed E-state index contributed by atoms with van der Waals surface area (Å²) in [7, 11) is 5.82. The summed E-state index contributed by atoms with van der Waals surface area (Å²) in [6.07, 6.45) is 0. The van der Waals surface area contributed by atoms with E-state index < -0.39 is 0 Å². The molecule has 0 unspecified atom stereocenters. The number of nitrogens with one attached hydrogen (secondary N) is 1. The molecule has 3 aromatic rings. The maximum absolute atomic E-state index is 5.30. The van der Waals surface area contributed by atoms with Gasteiger partial charge in [0.15, 0.2) is 0 Å². The molecule has 0 spiro atoms. The zero-order chi connectivity index (χ0) is 15.5. The van der Waals surface area contributed by atoms with E-state index in [1.54, 1.807) is 7.11 Å². The third kappa shape index (κ3) is 2.97. The van der Waals surface area contributed by atoms with Crippen LogP contribution in [0.25, 0.3) is 21.7 Å². The van der Waals surface area contributed by atoms with E-state index in [9.17, 15) is 0 Å². The highest BCUT2D eigenvalue weighted by molar-refractivity contribution is 6.05. The van der Waals surface area contributed by atoms with Gasteiger partial charge in [-0.3, -0.25) is 0 Å². The third-order valence-electron chi connectivity index (χ3n) is 3.75. The monoisotopic (exact) mass is 295 g/mol. The van der Waals surface area contributed by atoms with Crippen LogP contribution >= 0.6 is 0 Å². The Hall–Kier alpha value is -2.33. The Morgan fingerprint density at radius 1 is 1.05 bits per heavy atom. The maximum atomic E-state index is 5.30. The summed E-state index contributed by atoms with van der Waals surface area (Å²) in [6.45, 7) is 1.86. The van der Waals surface area contributed by atoms with Crippen molar-refractivity contribution in [3.05, 3.63) is 42.5 Å². The van der Waals surface area contributed by atoms with Gasteiger partial charge >= 0.3 is 0 Å². The first-order valence-corrected chi connectivity index (χ1v) is 7.43. The lowest BCUT2D eigenvalue weighted by Gasteiger charge is -2.12. The number of hydrogen-bond donors (Lipinski definition) is 1. The minimum Gasteiger partial charge on any atom is -0.497 e. The van der Waals surface area contributed by atoms with Gasteiger partial charge in [0.25, 0.3) is 0 Å². The Labute approximate surface area is 130 Å². The lowest BCUT2D eigenvalue weighted by atomic mass is 10.1. The fourth-order valence-electron chi connectivity index (χ4n) is 2.53. The first-order chi connectivity index (χ1) is 10.7. The summed E-state index contributed by atoms with van der Waals surface area (Å²) in [6, 6.07) is 14.5. The van der Waals surface area contributed by atoms with E-state index in [-0.39, 0.29) is 0 Å². The van der Waals surface area contributed by atoms with Crippen LogP contribution in [0.5, 0.6) is 5.75 Å². The van der Waals surface area contributed by atoms with E-state index in [1.165, 1.54) is 0 Å². The molecular formula is C18H21N3O. The number of methoxy groups -OCH3 is 1. The molecule has 114 valence electrons. The smallest absolute Gasteiger partial charge is 0.126 e. The van der Waals surface area contributed by atoms with Crippen molar-refractivity contribution >= 4 is 27.5 Å². The van der Waals surface area contributed by atoms with E-state index in [2.05, 4.69) is 48.6 Å². The summed E-state index contributed by atoms with van der Waals surface area (Å²) in [5.41, 5.74) is 1.02. The van der Waals surface area contributed by atoms with E-state index in [0.29, 0.717) is 0 Å². The average molecular weight is 295 g/mol. The molecule has 0 aliphatic rings. The topological polar surface area (TPSA) is 37.4 Å². The van der Waals surface area contributed by atoms with Gasteiger partial charge in [0.2, 0.25) is 0 Å². The van der Waals surface area contributed by atoms with Crippen molar-refractivity contribution in [1.82, 2.24) is 9.88 Å². The van der Waals surface area contributed by atoms with Crippen molar-refractivity contribution in [2.45, 2.75) is 0 Å². The van der Waals surface area contributed by atoms with Gasteiger partial charge in [-0.05, 0) is 49.8 Å². The Balaban J connectivity index is 1.99. The minimum atomic E-state index is 0.868. The minimum absolute atomic E-state index is 0.868. The predicted octanol–water partition coefficient (Wildman–Crippen LogP) is 3.37. The lowest BCUT2D eigenvalue weighted by molar-refractivity contribution is 0.415. The number of aromatic nitrogens is 1. The highest BCUT2D eigenvalue weighted by Gasteiger charge is 2.05. The van der Waals surface area contributed by atoms with Crippen LogP contribution < -0.4 is 10.1 Å².